The van der Waals surface area contributed by atoms with Crippen molar-refractivity contribution < 1.29 is 32.8 Å². The highest BCUT2D eigenvalue weighted by molar-refractivity contribution is 7.45. The van der Waals surface area contributed by atoms with E-state index in [2.05, 4.69) is 39.5 Å². The van der Waals surface area contributed by atoms with E-state index in [1.807, 2.05) is 18.2 Å². The number of fused-ring (bicyclic) bond motifs is 2. The summed E-state index contributed by atoms with van der Waals surface area (Å²) in [5.41, 5.74) is 1.78. The van der Waals surface area contributed by atoms with Crippen molar-refractivity contribution in [2.24, 2.45) is 0 Å². The van der Waals surface area contributed by atoms with Gasteiger partial charge >= 0.3 is 0 Å². The van der Waals surface area contributed by atoms with Crippen molar-refractivity contribution in [3.63, 3.8) is 0 Å². The molecule has 1 fully saturated rings. The number of rotatable bonds is 14. The zero-order chi connectivity index (χ0) is 28.7. The van der Waals surface area contributed by atoms with Gasteiger partial charge in [-0.05, 0) is 66.4 Å². The number of ether oxygens (including phenoxy) is 1. The highest BCUT2D eigenvalue weighted by atomic mass is 32.1. The van der Waals surface area contributed by atoms with E-state index in [4.69, 9.17) is 18.9 Å². The quantitative estimate of drug-likeness (QED) is 0.126. The molecule has 0 aliphatic carbocycles. The number of hydrogen-bond acceptors (Lipinski definition) is 9. The average molecular weight is 602 g/mol. The van der Waals surface area contributed by atoms with Crippen molar-refractivity contribution in [1.82, 2.24) is 4.98 Å². The molecule has 10 nitrogen and oxygen atoms in total. The molecule has 1 aliphatic heterocycles. The second-order valence-electron chi connectivity index (χ2n) is 10.4. The lowest BCUT2D eigenvalue weighted by molar-refractivity contribution is -0.943. The van der Waals surface area contributed by atoms with Crippen molar-refractivity contribution in [2.45, 2.75) is 19.3 Å². The molecule has 1 unspecified atom stereocenters. The highest BCUT2D eigenvalue weighted by Gasteiger charge is 2.34. The van der Waals surface area contributed by atoms with Crippen LogP contribution in [0.25, 0.3) is 21.0 Å². The number of pyridine rings is 1. The van der Waals surface area contributed by atoms with Gasteiger partial charge in [0.2, 0.25) is 5.56 Å². The van der Waals surface area contributed by atoms with E-state index in [1.54, 1.807) is 17.4 Å². The number of aromatic nitrogens is 1. The van der Waals surface area contributed by atoms with Crippen molar-refractivity contribution in [2.75, 3.05) is 64.2 Å². The van der Waals surface area contributed by atoms with Crippen LogP contribution in [0.5, 0.6) is 5.75 Å². The smallest absolute Gasteiger partial charge is 0.272 e. The van der Waals surface area contributed by atoms with Gasteiger partial charge in [-0.2, -0.15) is 0 Å². The molecule has 0 radical (unpaired) electrons. The molecule has 41 heavy (non-hydrogen) atoms. The number of nitrogens with zero attached hydrogens (tertiary/aromatic N) is 2. The number of H-pyrrole nitrogens is 1. The lowest BCUT2D eigenvalue weighted by atomic mass is 10.1. The molecule has 0 spiro atoms. The minimum absolute atomic E-state index is 0.00922. The predicted molar refractivity (Wildman–Crippen MR) is 159 cm³/mol. The summed E-state index contributed by atoms with van der Waals surface area (Å²) < 4.78 is 30.4. The Hall–Kier alpha value is -2.76. The van der Waals surface area contributed by atoms with E-state index < -0.39 is 7.82 Å². The Bertz CT molecular complexity index is 1550. The monoisotopic (exact) mass is 601 g/mol. The standard InChI is InChI=1S/C29H36N3O7PS/c33-17-4-19-38-40(35,36)39-22-32(15-12-31(13-16-32)27-5-3-6-28-25(27)11-20-41-28)14-1-2-18-37-24-9-7-23-8-10-29(34)30-26(23)21-24/h3,5-11,20-21,33H,1-2,4,12-19,22H2,(H-,30,34,35,36). The fourth-order valence-corrected chi connectivity index (χ4v) is 6.85. The van der Waals surface area contributed by atoms with Gasteiger partial charge in [0.1, 0.15) is 5.75 Å². The number of quaternary nitrogens is 1. The van der Waals surface area contributed by atoms with E-state index in [-0.39, 0.29) is 31.9 Å². The van der Waals surface area contributed by atoms with Gasteiger partial charge < -0.3 is 29.1 Å². The van der Waals surface area contributed by atoms with Gasteiger partial charge in [0, 0.05) is 34.5 Å². The molecule has 2 N–H and O–H groups in total. The average Bonchev–Trinajstić information content (AvgIpc) is 3.46. The molecule has 1 atom stereocenters. The molecule has 0 bridgehead atoms. The molecule has 12 heteroatoms. The van der Waals surface area contributed by atoms with Crippen molar-refractivity contribution in [3.8, 4) is 5.75 Å². The Kier molecular flexibility index (Phi) is 9.77. The number of anilines is 1. The Labute approximate surface area is 242 Å². The normalized spacial score (nSPS) is 16.7. The first-order chi connectivity index (χ1) is 19.9. The van der Waals surface area contributed by atoms with Crippen LogP contribution in [-0.4, -0.2) is 73.8 Å². The van der Waals surface area contributed by atoms with E-state index >= 15 is 0 Å². The first-order valence-electron chi connectivity index (χ1n) is 13.9. The highest BCUT2D eigenvalue weighted by Crippen LogP contribution is 2.40. The third-order valence-electron chi connectivity index (χ3n) is 7.54. The number of phosphoric ester groups is 1. The lowest BCUT2D eigenvalue weighted by Crippen LogP contribution is -2.61. The number of phosphoric acid groups is 1. The summed E-state index contributed by atoms with van der Waals surface area (Å²) >= 11 is 1.73. The number of aliphatic hydroxyl groups is 1. The summed E-state index contributed by atoms with van der Waals surface area (Å²) in [5, 5.41) is 13.2. The maximum absolute atomic E-state index is 12.4. The van der Waals surface area contributed by atoms with Gasteiger partial charge in [0.05, 0.1) is 51.5 Å². The Morgan fingerprint density at radius 2 is 1.85 bits per heavy atom. The zero-order valence-corrected chi connectivity index (χ0v) is 24.6. The minimum Gasteiger partial charge on any atom is -0.756 e. The van der Waals surface area contributed by atoms with E-state index in [0.29, 0.717) is 16.8 Å². The summed E-state index contributed by atoms with van der Waals surface area (Å²) in [6.07, 6.45) is 1.83. The van der Waals surface area contributed by atoms with Crippen LogP contribution in [0, 0.1) is 0 Å². The SMILES string of the molecule is O=c1ccc2ccc(OCCCC[N+]3(COP(=O)([O-])OCCCO)CCN(c4cccc5sccc45)CC3)cc2[nH]1. The topological polar surface area (TPSA) is 124 Å². The summed E-state index contributed by atoms with van der Waals surface area (Å²) in [6.45, 7) is 4.02. The van der Waals surface area contributed by atoms with Crippen molar-refractivity contribution >= 4 is 45.8 Å². The van der Waals surface area contributed by atoms with Crippen LogP contribution < -0.4 is 20.1 Å². The molecule has 220 valence electrons. The molecule has 0 saturated carbocycles. The van der Waals surface area contributed by atoms with Gasteiger partial charge in [-0.25, -0.2) is 0 Å². The van der Waals surface area contributed by atoms with Crippen molar-refractivity contribution in [3.05, 3.63) is 70.3 Å². The molecule has 0 amide bonds. The summed E-state index contributed by atoms with van der Waals surface area (Å²) in [4.78, 5) is 29.2. The van der Waals surface area contributed by atoms with Crippen LogP contribution in [0.1, 0.15) is 19.3 Å². The maximum atomic E-state index is 12.4. The molecule has 1 saturated heterocycles. The minimum atomic E-state index is -4.48. The fraction of sp³-hybridized carbons (Fsp3) is 0.414. The first-order valence-corrected chi connectivity index (χ1v) is 16.2. The van der Waals surface area contributed by atoms with Crippen LogP contribution in [0.3, 0.4) is 0 Å². The van der Waals surface area contributed by atoms with Gasteiger partial charge in [0.15, 0.2) is 6.73 Å². The number of benzene rings is 2. The summed E-state index contributed by atoms with van der Waals surface area (Å²) in [7, 11) is -4.48. The number of thiophene rings is 1. The second-order valence-corrected chi connectivity index (χ2v) is 12.7. The fourth-order valence-electron chi connectivity index (χ4n) is 5.23. The Morgan fingerprint density at radius 1 is 1.02 bits per heavy atom. The van der Waals surface area contributed by atoms with Gasteiger partial charge in [-0.15, -0.1) is 11.3 Å². The van der Waals surface area contributed by atoms with Crippen molar-refractivity contribution in [1.29, 1.82) is 0 Å². The largest absolute Gasteiger partial charge is 0.756 e. The maximum Gasteiger partial charge on any atom is 0.272 e. The summed E-state index contributed by atoms with van der Waals surface area (Å²) in [6, 6.07) is 17.4. The van der Waals surface area contributed by atoms with Crippen LogP contribution in [0.4, 0.5) is 5.69 Å². The molecule has 2 aromatic carbocycles. The van der Waals surface area contributed by atoms with Gasteiger partial charge in [-0.1, -0.05) is 6.07 Å². The Morgan fingerprint density at radius 3 is 2.68 bits per heavy atom. The van der Waals surface area contributed by atoms with E-state index in [0.717, 1.165) is 56.5 Å². The number of nitrogens with one attached hydrogen (secondary N) is 1. The van der Waals surface area contributed by atoms with Crippen LogP contribution in [-0.2, 0) is 13.6 Å². The van der Waals surface area contributed by atoms with Crippen LogP contribution in [0.2, 0.25) is 0 Å². The molecular formula is C29H36N3O7PS. The van der Waals surface area contributed by atoms with Crippen LogP contribution in [0.15, 0.2) is 64.8 Å². The number of hydrogen-bond donors (Lipinski definition) is 2. The Balaban J connectivity index is 1.19. The van der Waals surface area contributed by atoms with Gasteiger partial charge in [-0.3, -0.25) is 18.4 Å². The molecule has 3 heterocycles. The second kappa shape index (κ2) is 13.5. The number of aliphatic hydroxyl groups excluding tert-OH is 1. The van der Waals surface area contributed by atoms with Gasteiger partial charge in [0.25, 0.3) is 7.82 Å². The number of aromatic amines is 1. The molecule has 1 aliphatic rings. The van der Waals surface area contributed by atoms with E-state index in [9.17, 15) is 14.3 Å². The number of unbranched alkanes of at least 4 members (excludes halogenated alkanes) is 1. The summed E-state index contributed by atoms with van der Waals surface area (Å²) in [5.74, 6) is 0.690. The third-order valence-corrected chi connectivity index (χ3v) is 9.35. The zero-order valence-electron chi connectivity index (χ0n) is 22.9. The lowest BCUT2D eigenvalue weighted by Gasteiger charge is -2.46. The van der Waals surface area contributed by atoms with Crippen LogP contribution >= 0.6 is 19.2 Å². The first kappa shape index (κ1) is 29.7. The number of piperazine rings is 1. The molecule has 2 aromatic heterocycles. The third kappa shape index (κ3) is 7.75. The van der Waals surface area contributed by atoms with E-state index in [1.165, 1.54) is 21.8 Å². The molecule has 4 aromatic rings. The molecular weight excluding hydrogens is 565 g/mol. The molecule has 5 rings (SSSR count). The predicted octanol–water partition coefficient (Wildman–Crippen LogP) is 4.08.